The third-order valence-electron chi connectivity index (χ3n) is 5.25. The molecule has 0 bridgehead atoms. The van der Waals surface area contributed by atoms with Crippen LogP contribution in [0.1, 0.15) is 57.1 Å². The Balaban J connectivity index is 0.000000847. The van der Waals surface area contributed by atoms with E-state index < -0.39 is 0 Å². The van der Waals surface area contributed by atoms with E-state index in [2.05, 4.69) is 44.7 Å². The maximum atomic E-state index is 8.00. The molecule has 0 radical (unpaired) electrons. The van der Waals surface area contributed by atoms with Crippen LogP contribution in [0.2, 0.25) is 0 Å². The lowest BCUT2D eigenvalue weighted by Gasteiger charge is -2.27. The number of hydrogen-bond acceptors (Lipinski definition) is 1. The molecule has 0 saturated heterocycles. The van der Waals surface area contributed by atoms with Crippen molar-refractivity contribution in [3.8, 4) is 0 Å². The Morgan fingerprint density at radius 2 is 1.95 bits per heavy atom. The molecule has 0 N–H and O–H groups in total. The Kier molecular flexibility index (Phi) is 5.76. The summed E-state index contributed by atoms with van der Waals surface area (Å²) in [5.74, 6) is 1.78. The van der Waals surface area contributed by atoms with E-state index in [-0.39, 0.29) is 0 Å². The Morgan fingerprint density at radius 1 is 1.23 bits per heavy atom. The maximum Gasteiger partial charge on any atom is 0.106 e. The molecule has 118 valence electrons. The van der Waals surface area contributed by atoms with E-state index in [9.17, 15) is 0 Å². The SMILES string of the molecule is C=C(CC1CCCC(C)C1)C1=C(C)c2ccccc2C1.C=O. The van der Waals surface area contributed by atoms with Gasteiger partial charge in [-0.15, -0.1) is 0 Å². The molecule has 0 spiro atoms. The van der Waals surface area contributed by atoms with Gasteiger partial charge in [0.2, 0.25) is 0 Å². The van der Waals surface area contributed by atoms with Gasteiger partial charge in [0.1, 0.15) is 6.79 Å². The minimum atomic E-state index is 0.871. The van der Waals surface area contributed by atoms with Crippen molar-refractivity contribution in [3.63, 3.8) is 0 Å². The van der Waals surface area contributed by atoms with Gasteiger partial charge < -0.3 is 4.79 Å². The summed E-state index contributed by atoms with van der Waals surface area (Å²) in [6.45, 7) is 11.1. The van der Waals surface area contributed by atoms with E-state index in [1.165, 1.54) is 60.0 Å². The van der Waals surface area contributed by atoms with Crippen molar-refractivity contribution in [2.45, 2.75) is 52.4 Å². The van der Waals surface area contributed by atoms with Gasteiger partial charge in [-0.05, 0) is 60.3 Å². The van der Waals surface area contributed by atoms with Crippen molar-refractivity contribution in [3.05, 3.63) is 53.1 Å². The number of hydrogen-bond donors (Lipinski definition) is 0. The summed E-state index contributed by atoms with van der Waals surface area (Å²) in [4.78, 5) is 8.00. The minimum absolute atomic E-state index is 0.871. The lowest BCUT2D eigenvalue weighted by Crippen LogP contribution is -2.14. The highest BCUT2D eigenvalue weighted by Gasteiger charge is 2.24. The molecule has 1 heteroatoms. The topological polar surface area (TPSA) is 17.1 Å². The van der Waals surface area contributed by atoms with Crippen molar-refractivity contribution < 1.29 is 4.79 Å². The first-order valence-corrected chi connectivity index (χ1v) is 8.40. The predicted molar refractivity (Wildman–Crippen MR) is 94.7 cm³/mol. The molecule has 2 aliphatic rings. The summed E-state index contributed by atoms with van der Waals surface area (Å²) in [5.41, 5.74) is 7.32. The predicted octanol–water partition coefficient (Wildman–Crippen LogP) is 5.60. The van der Waals surface area contributed by atoms with E-state index in [1.54, 1.807) is 0 Å². The summed E-state index contributed by atoms with van der Waals surface area (Å²) >= 11 is 0. The molecule has 1 aromatic carbocycles. The summed E-state index contributed by atoms with van der Waals surface area (Å²) in [7, 11) is 0. The van der Waals surface area contributed by atoms with Gasteiger partial charge in [-0.25, -0.2) is 0 Å². The zero-order valence-corrected chi connectivity index (χ0v) is 14.0. The van der Waals surface area contributed by atoms with E-state index in [1.807, 2.05) is 6.79 Å². The normalized spacial score (nSPS) is 23.5. The second kappa shape index (κ2) is 7.58. The Bertz CT molecular complexity index is 567. The third kappa shape index (κ3) is 3.58. The molecule has 22 heavy (non-hydrogen) atoms. The first kappa shape index (κ1) is 16.7. The number of carbonyl (C=O) groups is 1. The van der Waals surface area contributed by atoms with Crippen LogP contribution in [0, 0.1) is 11.8 Å². The fourth-order valence-electron chi connectivity index (χ4n) is 4.13. The quantitative estimate of drug-likeness (QED) is 0.709. The summed E-state index contributed by atoms with van der Waals surface area (Å²) in [6.07, 6.45) is 7.96. The lowest BCUT2D eigenvalue weighted by atomic mass is 9.78. The summed E-state index contributed by atoms with van der Waals surface area (Å²) in [6, 6.07) is 8.83. The number of allylic oxidation sites excluding steroid dienone is 3. The first-order chi connectivity index (χ1) is 10.6. The fraction of sp³-hybridized carbons (Fsp3) is 0.476. The zero-order valence-electron chi connectivity index (χ0n) is 14.0. The maximum absolute atomic E-state index is 8.00. The van der Waals surface area contributed by atoms with E-state index in [4.69, 9.17) is 4.79 Å². The molecule has 1 nitrogen and oxygen atoms in total. The molecular weight excluding hydrogens is 268 g/mol. The van der Waals surface area contributed by atoms with Gasteiger partial charge in [-0.2, -0.15) is 0 Å². The van der Waals surface area contributed by atoms with Gasteiger partial charge >= 0.3 is 0 Å². The summed E-state index contributed by atoms with van der Waals surface area (Å²) in [5, 5.41) is 0. The average Bonchev–Trinajstić information content (AvgIpc) is 2.87. The van der Waals surface area contributed by atoms with Crippen molar-refractivity contribution >= 4 is 12.4 Å². The number of benzene rings is 1. The Hall–Kier alpha value is -1.63. The Labute approximate surface area is 135 Å². The second-order valence-corrected chi connectivity index (χ2v) is 6.88. The second-order valence-electron chi connectivity index (χ2n) is 6.88. The van der Waals surface area contributed by atoms with E-state index in [0.717, 1.165) is 18.3 Å². The van der Waals surface area contributed by atoms with Crippen molar-refractivity contribution in [2.24, 2.45) is 11.8 Å². The molecule has 2 aliphatic carbocycles. The van der Waals surface area contributed by atoms with Gasteiger partial charge in [-0.1, -0.05) is 62.6 Å². The largest absolute Gasteiger partial charge is 0.307 e. The molecule has 2 unspecified atom stereocenters. The van der Waals surface area contributed by atoms with Crippen LogP contribution < -0.4 is 0 Å². The average molecular weight is 296 g/mol. The molecule has 0 amide bonds. The number of fused-ring (bicyclic) bond motifs is 1. The minimum Gasteiger partial charge on any atom is -0.307 e. The van der Waals surface area contributed by atoms with Gasteiger partial charge in [0.15, 0.2) is 0 Å². The van der Waals surface area contributed by atoms with Crippen LogP contribution in [0.25, 0.3) is 5.57 Å². The van der Waals surface area contributed by atoms with Crippen LogP contribution >= 0.6 is 0 Å². The highest BCUT2D eigenvalue weighted by atomic mass is 16.1. The standard InChI is InChI=1S/C20H26.CH2O/c1-14-7-6-8-17(11-14)12-15(2)20-13-18-9-4-5-10-19(18)16(20)3;1-2/h4-5,9-10,14,17H,2,6-8,11-13H2,1,3H3;1H2. The van der Waals surface area contributed by atoms with E-state index in [0.29, 0.717) is 0 Å². The highest BCUT2D eigenvalue weighted by Crippen LogP contribution is 2.39. The molecule has 0 aliphatic heterocycles. The van der Waals surface area contributed by atoms with Crippen molar-refractivity contribution in [1.82, 2.24) is 0 Å². The number of carbonyl (C=O) groups excluding carboxylic acids is 1. The number of rotatable bonds is 3. The molecule has 1 fully saturated rings. The molecule has 1 aromatic rings. The van der Waals surface area contributed by atoms with Crippen LogP contribution in [0.3, 0.4) is 0 Å². The van der Waals surface area contributed by atoms with Crippen LogP contribution in [-0.4, -0.2) is 6.79 Å². The molecule has 1 saturated carbocycles. The van der Waals surface area contributed by atoms with Gasteiger partial charge in [0.25, 0.3) is 0 Å². The smallest absolute Gasteiger partial charge is 0.106 e. The summed E-state index contributed by atoms with van der Waals surface area (Å²) < 4.78 is 0. The monoisotopic (exact) mass is 296 g/mol. The van der Waals surface area contributed by atoms with Crippen LogP contribution in [-0.2, 0) is 11.2 Å². The van der Waals surface area contributed by atoms with Gasteiger partial charge in [0.05, 0.1) is 0 Å². The molecular formula is C21H28O. The van der Waals surface area contributed by atoms with Crippen LogP contribution in [0.5, 0.6) is 0 Å². The molecule has 0 aromatic heterocycles. The molecule has 0 heterocycles. The van der Waals surface area contributed by atoms with Crippen molar-refractivity contribution in [2.75, 3.05) is 0 Å². The third-order valence-corrected chi connectivity index (χ3v) is 5.25. The fourth-order valence-corrected chi connectivity index (χ4v) is 4.13. The molecule has 3 rings (SSSR count). The Morgan fingerprint density at radius 3 is 2.64 bits per heavy atom. The van der Waals surface area contributed by atoms with E-state index >= 15 is 0 Å². The molecule has 2 atom stereocenters. The first-order valence-electron chi connectivity index (χ1n) is 8.40. The van der Waals surface area contributed by atoms with Crippen molar-refractivity contribution in [1.29, 1.82) is 0 Å². The zero-order chi connectivity index (χ0) is 16.1. The van der Waals surface area contributed by atoms with Gasteiger partial charge in [0, 0.05) is 0 Å². The van der Waals surface area contributed by atoms with Gasteiger partial charge in [-0.3, -0.25) is 0 Å². The van der Waals surface area contributed by atoms with Crippen LogP contribution in [0.4, 0.5) is 0 Å². The van der Waals surface area contributed by atoms with Crippen LogP contribution in [0.15, 0.2) is 42.0 Å². The highest BCUT2D eigenvalue weighted by molar-refractivity contribution is 5.78. The lowest BCUT2D eigenvalue weighted by molar-refractivity contribution is -0.0979.